The molecule has 0 radical (unpaired) electrons. The van der Waals surface area contributed by atoms with Crippen molar-refractivity contribution in [2.24, 2.45) is 5.73 Å². The first kappa shape index (κ1) is 9.34. The summed E-state index contributed by atoms with van der Waals surface area (Å²) in [4.78, 5) is 0. The minimum atomic E-state index is -0.0604. The first-order valence-corrected chi connectivity index (χ1v) is 4.96. The second-order valence-corrected chi connectivity index (χ2v) is 4.03. The summed E-state index contributed by atoms with van der Waals surface area (Å²) in [6.45, 7) is 2.17. The molecule has 1 aliphatic rings. The Hall–Kier alpha value is -1.22. The molecule has 1 heterocycles. The number of hydrogen-bond acceptors (Lipinski definition) is 2. The van der Waals surface area contributed by atoms with Crippen LogP contribution in [0.4, 0.5) is 5.69 Å². The van der Waals surface area contributed by atoms with E-state index in [1.807, 2.05) is 7.05 Å². The van der Waals surface area contributed by atoms with Gasteiger partial charge in [0, 0.05) is 25.5 Å². The fourth-order valence-corrected chi connectivity index (χ4v) is 1.94. The van der Waals surface area contributed by atoms with Crippen LogP contribution in [0.15, 0.2) is 30.6 Å². The van der Waals surface area contributed by atoms with Crippen LogP contribution in [0.2, 0.25) is 0 Å². The molecule has 0 aliphatic heterocycles. The smallest absolute Gasteiger partial charge is 0.0748 e. The van der Waals surface area contributed by atoms with Gasteiger partial charge in [0.25, 0.3) is 0 Å². The zero-order valence-electron chi connectivity index (χ0n) is 8.70. The van der Waals surface area contributed by atoms with E-state index in [4.69, 9.17) is 5.73 Å². The van der Waals surface area contributed by atoms with E-state index < -0.39 is 0 Å². The lowest BCUT2D eigenvalue weighted by atomic mass is 9.97. The Bertz CT molecular complexity index is 353. The molecule has 1 unspecified atom stereocenters. The van der Waals surface area contributed by atoms with Crippen LogP contribution in [0.3, 0.4) is 0 Å². The van der Waals surface area contributed by atoms with E-state index in [1.165, 1.54) is 0 Å². The van der Waals surface area contributed by atoms with E-state index in [0.29, 0.717) is 0 Å². The lowest BCUT2D eigenvalue weighted by Gasteiger charge is -2.30. The molecule has 0 fully saturated rings. The van der Waals surface area contributed by atoms with Gasteiger partial charge in [0.2, 0.25) is 0 Å². The minimum Gasteiger partial charge on any atom is -0.387 e. The predicted octanol–water partition coefficient (Wildman–Crippen LogP) is 1.53. The van der Waals surface area contributed by atoms with Gasteiger partial charge in [0.15, 0.2) is 0 Å². The molecule has 3 heteroatoms. The molecule has 1 aromatic heterocycles. The van der Waals surface area contributed by atoms with Crippen LogP contribution in [-0.2, 0) is 5.54 Å². The largest absolute Gasteiger partial charge is 0.387 e. The molecule has 0 aromatic carbocycles. The van der Waals surface area contributed by atoms with Gasteiger partial charge in [-0.3, -0.25) is 0 Å². The van der Waals surface area contributed by atoms with Crippen molar-refractivity contribution < 1.29 is 0 Å². The van der Waals surface area contributed by atoms with Crippen LogP contribution in [0.1, 0.15) is 13.3 Å². The third-order valence-electron chi connectivity index (χ3n) is 3.13. The Morgan fingerprint density at radius 2 is 2.43 bits per heavy atom. The molecule has 14 heavy (non-hydrogen) atoms. The quantitative estimate of drug-likeness (QED) is 0.696. The zero-order valence-corrected chi connectivity index (χ0v) is 8.70. The van der Waals surface area contributed by atoms with Gasteiger partial charge in [0.05, 0.1) is 11.2 Å². The van der Waals surface area contributed by atoms with Crippen molar-refractivity contribution in [3.05, 3.63) is 30.6 Å². The summed E-state index contributed by atoms with van der Waals surface area (Å²) >= 11 is 0. The van der Waals surface area contributed by atoms with Crippen LogP contribution in [-0.4, -0.2) is 17.7 Å². The van der Waals surface area contributed by atoms with Crippen molar-refractivity contribution in [1.82, 2.24) is 4.57 Å². The average molecular weight is 191 g/mol. The molecular weight excluding hydrogens is 174 g/mol. The normalized spacial score (nSPS) is 30.9. The van der Waals surface area contributed by atoms with Crippen LogP contribution in [0.25, 0.3) is 0 Å². The molecule has 76 valence electrons. The van der Waals surface area contributed by atoms with Crippen molar-refractivity contribution in [3.63, 3.8) is 0 Å². The van der Waals surface area contributed by atoms with Crippen LogP contribution < -0.4 is 11.1 Å². The maximum atomic E-state index is 6.09. The number of rotatable bonds is 2. The molecule has 3 N–H and O–H groups in total. The van der Waals surface area contributed by atoms with Crippen molar-refractivity contribution in [2.75, 3.05) is 12.4 Å². The average Bonchev–Trinajstić information content (AvgIpc) is 2.75. The van der Waals surface area contributed by atoms with Gasteiger partial charge < -0.3 is 15.6 Å². The van der Waals surface area contributed by atoms with Crippen LogP contribution >= 0.6 is 0 Å². The highest BCUT2D eigenvalue weighted by Crippen LogP contribution is 2.30. The maximum absolute atomic E-state index is 6.09. The summed E-state index contributed by atoms with van der Waals surface area (Å²) in [6.07, 6.45) is 9.47. The second kappa shape index (κ2) is 3.17. The Morgan fingerprint density at radius 1 is 1.64 bits per heavy atom. The third-order valence-corrected chi connectivity index (χ3v) is 3.13. The predicted molar refractivity (Wildman–Crippen MR) is 59.4 cm³/mol. The molecular formula is C11H17N3. The van der Waals surface area contributed by atoms with E-state index in [9.17, 15) is 0 Å². The van der Waals surface area contributed by atoms with E-state index >= 15 is 0 Å². The monoisotopic (exact) mass is 191 g/mol. The molecule has 3 nitrogen and oxygen atoms in total. The zero-order chi connectivity index (χ0) is 10.2. The van der Waals surface area contributed by atoms with E-state index in [-0.39, 0.29) is 11.6 Å². The topological polar surface area (TPSA) is 43.0 Å². The van der Waals surface area contributed by atoms with E-state index in [2.05, 4.69) is 47.4 Å². The first-order chi connectivity index (χ1) is 6.66. The molecule has 0 saturated carbocycles. The molecule has 1 aliphatic carbocycles. The maximum Gasteiger partial charge on any atom is 0.0748 e. The standard InChI is InChI=1S/C11H17N3/c1-11(6-3-4-10(11)12)14-7-5-9(8-14)13-2/h3,5-8,10,13H,4,12H2,1-2H3/t10-,11?/m1/s1. The van der Waals surface area contributed by atoms with Gasteiger partial charge in [-0.1, -0.05) is 12.2 Å². The number of anilines is 1. The van der Waals surface area contributed by atoms with E-state index in [1.54, 1.807) is 0 Å². The van der Waals surface area contributed by atoms with Crippen molar-refractivity contribution >= 4 is 5.69 Å². The SMILES string of the molecule is CNc1ccn(C2(C)C=CC[C@H]2N)c1. The van der Waals surface area contributed by atoms with Crippen molar-refractivity contribution in [3.8, 4) is 0 Å². The Balaban J connectivity index is 2.33. The molecule has 0 bridgehead atoms. The van der Waals surface area contributed by atoms with Crippen LogP contribution in [0.5, 0.6) is 0 Å². The molecule has 0 spiro atoms. The molecule has 0 amide bonds. The third kappa shape index (κ3) is 1.24. The summed E-state index contributed by atoms with van der Waals surface area (Å²) in [5.41, 5.74) is 7.16. The number of nitrogens with two attached hydrogens (primary N) is 1. The molecule has 0 saturated heterocycles. The highest BCUT2D eigenvalue weighted by atomic mass is 15.1. The van der Waals surface area contributed by atoms with Gasteiger partial charge in [-0.2, -0.15) is 0 Å². The van der Waals surface area contributed by atoms with E-state index in [0.717, 1.165) is 12.1 Å². The summed E-state index contributed by atoms with van der Waals surface area (Å²) in [6, 6.07) is 2.24. The highest BCUT2D eigenvalue weighted by Gasteiger charge is 2.33. The van der Waals surface area contributed by atoms with Gasteiger partial charge >= 0.3 is 0 Å². The molecule has 2 atom stereocenters. The second-order valence-electron chi connectivity index (χ2n) is 4.03. The van der Waals surface area contributed by atoms with Gasteiger partial charge in [-0.05, 0) is 19.4 Å². The summed E-state index contributed by atoms with van der Waals surface area (Å²) in [7, 11) is 1.92. The Labute approximate surface area is 84.6 Å². The van der Waals surface area contributed by atoms with Crippen molar-refractivity contribution in [1.29, 1.82) is 0 Å². The fourth-order valence-electron chi connectivity index (χ4n) is 1.94. The number of nitrogens with one attached hydrogen (secondary N) is 1. The number of hydrogen-bond donors (Lipinski definition) is 2. The lowest BCUT2D eigenvalue weighted by molar-refractivity contribution is 0.351. The van der Waals surface area contributed by atoms with Crippen LogP contribution in [0, 0.1) is 0 Å². The Kier molecular flexibility index (Phi) is 2.11. The first-order valence-electron chi connectivity index (χ1n) is 4.96. The van der Waals surface area contributed by atoms with Crippen molar-refractivity contribution in [2.45, 2.75) is 24.9 Å². The number of aromatic nitrogens is 1. The van der Waals surface area contributed by atoms with Gasteiger partial charge in [-0.15, -0.1) is 0 Å². The minimum absolute atomic E-state index is 0.0604. The summed E-state index contributed by atoms with van der Waals surface area (Å²) < 4.78 is 2.17. The van der Waals surface area contributed by atoms with Gasteiger partial charge in [0.1, 0.15) is 0 Å². The fraction of sp³-hybridized carbons (Fsp3) is 0.455. The lowest BCUT2D eigenvalue weighted by Crippen LogP contribution is -2.42. The Morgan fingerprint density at radius 3 is 2.93 bits per heavy atom. The summed E-state index contributed by atoms with van der Waals surface area (Å²) in [5, 5.41) is 3.12. The van der Waals surface area contributed by atoms with Gasteiger partial charge in [-0.25, -0.2) is 0 Å². The summed E-state index contributed by atoms with van der Waals surface area (Å²) in [5.74, 6) is 0. The molecule has 1 aromatic rings. The number of nitrogens with zero attached hydrogens (tertiary/aromatic N) is 1. The molecule has 2 rings (SSSR count). The highest BCUT2D eigenvalue weighted by molar-refractivity contribution is 5.41.